The lowest BCUT2D eigenvalue weighted by Crippen LogP contribution is -2.55. The summed E-state index contributed by atoms with van der Waals surface area (Å²) >= 11 is 0. The van der Waals surface area contributed by atoms with E-state index in [-0.39, 0.29) is 5.60 Å². The van der Waals surface area contributed by atoms with Crippen LogP contribution in [-0.2, 0) is 4.74 Å². The Morgan fingerprint density at radius 2 is 1.89 bits per heavy atom. The van der Waals surface area contributed by atoms with Crippen molar-refractivity contribution in [3.8, 4) is 0 Å². The van der Waals surface area contributed by atoms with Crippen molar-refractivity contribution in [3.05, 3.63) is 0 Å². The van der Waals surface area contributed by atoms with Crippen molar-refractivity contribution in [2.24, 2.45) is 11.8 Å². The lowest BCUT2D eigenvalue weighted by atomic mass is 9.69. The normalized spacial score (nSPS) is 29.8. The maximum absolute atomic E-state index is 6.12. The van der Waals surface area contributed by atoms with Gasteiger partial charge in [0, 0.05) is 12.6 Å². The van der Waals surface area contributed by atoms with Crippen LogP contribution in [0.3, 0.4) is 0 Å². The molecule has 1 fully saturated rings. The second kappa shape index (κ2) is 7.49. The molecule has 108 valence electrons. The molecule has 0 aromatic heterocycles. The van der Waals surface area contributed by atoms with Crippen molar-refractivity contribution in [1.29, 1.82) is 0 Å². The second-order valence-electron chi connectivity index (χ2n) is 5.98. The van der Waals surface area contributed by atoms with Gasteiger partial charge in [-0.3, -0.25) is 0 Å². The van der Waals surface area contributed by atoms with Gasteiger partial charge >= 0.3 is 0 Å². The van der Waals surface area contributed by atoms with Crippen LogP contribution in [0.5, 0.6) is 0 Å². The van der Waals surface area contributed by atoms with Crippen molar-refractivity contribution in [3.63, 3.8) is 0 Å². The van der Waals surface area contributed by atoms with Gasteiger partial charge in [0.15, 0.2) is 0 Å². The Kier molecular flexibility index (Phi) is 6.65. The Hall–Kier alpha value is -0.0800. The quantitative estimate of drug-likeness (QED) is 0.742. The largest absolute Gasteiger partial charge is 0.374 e. The first-order valence-corrected chi connectivity index (χ1v) is 7.94. The molecule has 4 atom stereocenters. The van der Waals surface area contributed by atoms with E-state index < -0.39 is 0 Å². The third-order valence-electron chi connectivity index (χ3n) is 5.07. The molecular formula is C16H33NO. The van der Waals surface area contributed by atoms with E-state index in [0.29, 0.717) is 6.04 Å². The molecule has 4 unspecified atom stereocenters. The van der Waals surface area contributed by atoms with Gasteiger partial charge in [-0.1, -0.05) is 39.5 Å². The fourth-order valence-electron chi connectivity index (χ4n) is 3.90. The molecule has 0 aromatic carbocycles. The van der Waals surface area contributed by atoms with Gasteiger partial charge in [0.1, 0.15) is 0 Å². The van der Waals surface area contributed by atoms with E-state index >= 15 is 0 Å². The first-order chi connectivity index (χ1) is 8.62. The van der Waals surface area contributed by atoms with E-state index in [1.165, 1.54) is 32.1 Å². The van der Waals surface area contributed by atoms with Crippen molar-refractivity contribution >= 4 is 0 Å². The summed E-state index contributed by atoms with van der Waals surface area (Å²) in [5.41, 5.74) is -0.0150. The molecule has 1 aliphatic carbocycles. The third kappa shape index (κ3) is 3.48. The van der Waals surface area contributed by atoms with E-state index in [4.69, 9.17) is 4.74 Å². The van der Waals surface area contributed by atoms with Gasteiger partial charge in [-0.25, -0.2) is 0 Å². The minimum absolute atomic E-state index is 0.0150. The Bertz CT molecular complexity index is 231. The minimum Gasteiger partial charge on any atom is -0.374 e. The molecule has 0 bridgehead atoms. The molecule has 0 heterocycles. The summed E-state index contributed by atoms with van der Waals surface area (Å²) < 4.78 is 6.12. The molecule has 0 aromatic rings. The number of hydrogen-bond donors (Lipinski definition) is 1. The van der Waals surface area contributed by atoms with Crippen LogP contribution in [0.15, 0.2) is 0 Å². The first kappa shape index (κ1) is 16.0. The number of hydrogen-bond acceptors (Lipinski definition) is 2. The summed E-state index contributed by atoms with van der Waals surface area (Å²) in [6.07, 6.45) is 7.99. The van der Waals surface area contributed by atoms with Gasteiger partial charge in [0.25, 0.3) is 0 Å². The van der Waals surface area contributed by atoms with Gasteiger partial charge in [0.05, 0.1) is 5.60 Å². The van der Waals surface area contributed by atoms with Crippen LogP contribution in [0, 0.1) is 11.8 Å². The van der Waals surface area contributed by atoms with E-state index in [1.54, 1.807) is 0 Å². The summed E-state index contributed by atoms with van der Waals surface area (Å²) in [5.74, 6) is 1.66. The van der Waals surface area contributed by atoms with Crippen molar-refractivity contribution in [1.82, 2.24) is 5.32 Å². The molecule has 1 N–H and O–H groups in total. The second-order valence-corrected chi connectivity index (χ2v) is 5.98. The average molecular weight is 255 g/mol. The molecule has 0 spiro atoms. The third-order valence-corrected chi connectivity index (χ3v) is 5.07. The molecule has 0 amide bonds. The smallest absolute Gasteiger partial charge is 0.0806 e. The van der Waals surface area contributed by atoms with Gasteiger partial charge in [-0.15, -0.1) is 0 Å². The van der Waals surface area contributed by atoms with Gasteiger partial charge in [-0.2, -0.15) is 0 Å². The Balaban J connectivity index is 2.84. The Morgan fingerprint density at radius 1 is 1.22 bits per heavy atom. The van der Waals surface area contributed by atoms with Crippen LogP contribution < -0.4 is 5.32 Å². The molecule has 1 rings (SSSR count). The Labute approximate surface area is 114 Å². The van der Waals surface area contributed by atoms with E-state index in [1.807, 2.05) is 0 Å². The number of ether oxygens (including phenoxy) is 1. The molecule has 2 heteroatoms. The molecule has 18 heavy (non-hydrogen) atoms. The van der Waals surface area contributed by atoms with Crippen LogP contribution in [0.4, 0.5) is 0 Å². The fraction of sp³-hybridized carbons (Fsp3) is 1.00. The first-order valence-electron chi connectivity index (χ1n) is 7.94. The topological polar surface area (TPSA) is 21.3 Å². The highest BCUT2D eigenvalue weighted by Crippen LogP contribution is 2.39. The van der Waals surface area contributed by atoms with Crippen LogP contribution in [0.25, 0.3) is 0 Å². The van der Waals surface area contributed by atoms with Crippen LogP contribution in [-0.4, -0.2) is 25.3 Å². The summed E-state index contributed by atoms with van der Waals surface area (Å²) in [4.78, 5) is 0. The van der Waals surface area contributed by atoms with Crippen LogP contribution in [0.1, 0.15) is 66.2 Å². The molecular weight excluding hydrogens is 222 g/mol. The van der Waals surface area contributed by atoms with Crippen molar-refractivity contribution < 1.29 is 4.74 Å². The molecule has 0 aliphatic heterocycles. The van der Waals surface area contributed by atoms with E-state index in [2.05, 4.69) is 40.1 Å². The molecule has 1 saturated carbocycles. The molecule has 2 nitrogen and oxygen atoms in total. The summed E-state index contributed by atoms with van der Waals surface area (Å²) in [6.45, 7) is 9.81. The highest BCUT2D eigenvalue weighted by atomic mass is 16.5. The zero-order chi connectivity index (χ0) is 13.6. The zero-order valence-corrected chi connectivity index (χ0v) is 13.1. The highest BCUT2D eigenvalue weighted by Gasteiger charge is 2.41. The maximum atomic E-state index is 6.12. The Morgan fingerprint density at radius 3 is 2.39 bits per heavy atom. The number of nitrogens with one attached hydrogen (secondary N) is 1. The summed E-state index contributed by atoms with van der Waals surface area (Å²) in [6, 6.07) is 0.493. The highest BCUT2D eigenvalue weighted by molar-refractivity contribution is 4.96. The number of rotatable bonds is 7. The molecule has 0 radical (unpaired) electrons. The lowest BCUT2D eigenvalue weighted by molar-refractivity contribution is -0.0787. The average Bonchev–Trinajstić information content (AvgIpc) is 2.40. The van der Waals surface area contributed by atoms with Crippen molar-refractivity contribution in [2.75, 3.05) is 13.7 Å². The molecule has 0 saturated heterocycles. The minimum atomic E-state index is -0.0150. The SMILES string of the molecule is CCOC(C)(CC)C(NC)C1CCCCC1CC. The van der Waals surface area contributed by atoms with Gasteiger partial charge in [-0.05, 0) is 45.6 Å². The predicted molar refractivity (Wildman–Crippen MR) is 78.9 cm³/mol. The fourth-order valence-corrected chi connectivity index (χ4v) is 3.90. The molecule has 1 aliphatic rings. The van der Waals surface area contributed by atoms with Crippen molar-refractivity contribution in [2.45, 2.75) is 77.9 Å². The standard InChI is InChI=1S/C16H33NO/c1-6-13-11-9-10-12-14(13)15(17-5)16(4,7-2)18-8-3/h13-15,17H,6-12H2,1-5H3. The van der Waals surface area contributed by atoms with Gasteiger partial charge < -0.3 is 10.1 Å². The van der Waals surface area contributed by atoms with Crippen LogP contribution in [0.2, 0.25) is 0 Å². The van der Waals surface area contributed by atoms with E-state index in [9.17, 15) is 0 Å². The maximum Gasteiger partial charge on any atom is 0.0806 e. The summed E-state index contributed by atoms with van der Waals surface area (Å²) in [7, 11) is 2.11. The number of likely N-dealkylation sites (N-methyl/N-ethyl adjacent to an activating group) is 1. The zero-order valence-electron chi connectivity index (χ0n) is 13.1. The lowest BCUT2D eigenvalue weighted by Gasteiger charge is -2.45. The predicted octanol–water partition coefficient (Wildman–Crippen LogP) is 4.00. The monoisotopic (exact) mass is 255 g/mol. The van der Waals surface area contributed by atoms with Gasteiger partial charge in [0.2, 0.25) is 0 Å². The summed E-state index contributed by atoms with van der Waals surface area (Å²) in [5, 5.41) is 3.59. The van der Waals surface area contributed by atoms with Crippen LogP contribution >= 0.6 is 0 Å². The van der Waals surface area contributed by atoms with E-state index in [0.717, 1.165) is 24.9 Å².